The first-order valence-electron chi connectivity index (χ1n) is 7.87. The molecule has 0 amide bonds. The smallest absolute Gasteiger partial charge is 0.229 e. The summed E-state index contributed by atoms with van der Waals surface area (Å²) < 4.78 is 17.8. The molecule has 0 spiro atoms. The van der Waals surface area contributed by atoms with Crippen molar-refractivity contribution in [3.8, 4) is 0 Å². The average molecular weight is 294 g/mol. The third kappa shape index (κ3) is 3.74. The summed E-state index contributed by atoms with van der Waals surface area (Å²) in [5, 5.41) is 0.832. The third-order valence-corrected chi connectivity index (χ3v) is 6.61. The maximum atomic E-state index is 12.4. The van der Waals surface area contributed by atoms with Crippen LogP contribution in [0.2, 0.25) is 0 Å². The zero-order chi connectivity index (χ0) is 14.6. The Morgan fingerprint density at radius 1 is 1.20 bits per heavy atom. The molecule has 1 aliphatic carbocycles. The minimum Gasteiger partial charge on any atom is -0.326 e. The van der Waals surface area contributed by atoms with Crippen molar-refractivity contribution in [2.24, 2.45) is 5.92 Å². The summed E-state index contributed by atoms with van der Waals surface area (Å²) in [6, 6.07) is 8.27. The van der Waals surface area contributed by atoms with E-state index in [2.05, 4.69) is 19.1 Å². The molecule has 20 heavy (non-hydrogen) atoms. The van der Waals surface area contributed by atoms with Crippen LogP contribution in [-0.2, 0) is 9.09 Å². The quantitative estimate of drug-likeness (QED) is 0.719. The van der Waals surface area contributed by atoms with Crippen molar-refractivity contribution in [1.29, 1.82) is 0 Å². The second-order valence-corrected chi connectivity index (χ2v) is 8.51. The number of rotatable bonds is 5. The summed E-state index contributed by atoms with van der Waals surface area (Å²) in [5.74, 6) is 1.42. The monoisotopic (exact) mass is 294 g/mol. The van der Waals surface area contributed by atoms with E-state index in [0.29, 0.717) is 12.5 Å². The fraction of sp³-hybridized carbons (Fsp3) is 0.647. The molecule has 0 N–H and O–H groups in total. The first-order valence-corrected chi connectivity index (χ1v) is 9.94. The lowest BCUT2D eigenvalue weighted by Crippen LogP contribution is -2.15. The molecule has 2 nitrogen and oxygen atoms in total. The standard InChI is InChI=1S/C17H27O2P/c1-4-19-20(3,18)17-12-10-16(11-13-17)14(2)15-8-6-5-7-9-15/h10-15H,4-9H2,1-3H3. The van der Waals surface area contributed by atoms with E-state index in [1.54, 1.807) is 6.66 Å². The van der Waals surface area contributed by atoms with Gasteiger partial charge in [-0.15, -0.1) is 0 Å². The summed E-state index contributed by atoms with van der Waals surface area (Å²) in [6.45, 7) is 6.42. The fourth-order valence-corrected chi connectivity index (χ4v) is 4.61. The fourth-order valence-electron chi connectivity index (χ4n) is 3.28. The predicted molar refractivity (Wildman–Crippen MR) is 86.2 cm³/mol. The van der Waals surface area contributed by atoms with Gasteiger partial charge >= 0.3 is 0 Å². The van der Waals surface area contributed by atoms with Crippen LogP contribution in [0.4, 0.5) is 0 Å². The second-order valence-electron chi connectivity index (χ2n) is 6.04. The molecule has 0 radical (unpaired) electrons. The van der Waals surface area contributed by atoms with Crippen molar-refractivity contribution < 1.29 is 9.09 Å². The van der Waals surface area contributed by atoms with Crippen LogP contribution in [0.1, 0.15) is 57.4 Å². The highest BCUT2D eigenvalue weighted by atomic mass is 31.2. The predicted octanol–water partition coefficient (Wildman–Crippen LogP) is 4.94. The highest BCUT2D eigenvalue weighted by Gasteiger charge is 2.23. The lowest BCUT2D eigenvalue weighted by atomic mass is 9.78. The summed E-state index contributed by atoms with van der Waals surface area (Å²) >= 11 is 0. The van der Waals surface area contributed by atoms with Crippen molar-refractivity contribution in [3.63, 3.8) is 0 Å². The van der Waals surface area contributed by atoms with Gasteiger partial charge in [-0.05, 0) is 49.3 Å². The van der Waals surface area contributed by atoms with E-state index in [9.17, 15) is 4.57 Å². The number of benzene rings is 1. The Morgan fingerprint density at radius 2 is 1.80 bits per heavy atom. The van der Waals surface area contributed by atoms with E-state index in [4.69, 9.17) is 4.52 Å². The normalized spacial score (nSPS) is 21.4. The zero-order valence-electron chi connectivity index (χ0n) is 13.0. The lowest BCUT2D eigenvalue weighted by molar-refractivity contribution is 0.316. The highest BCUT2D eigenvalue weighted by molar-refractivity contribution is 7.66. The van der Waals surface area contributed by atoms with Gasteiger partial charge in [0.2, 0.25) is 7.37 Å². The highest BCUT2D eigenvalue weighted by Crippen LogP contribution is 2.41. The van der Waals surface area contributed by atoms with Gasteiger partial charge in [0, 0.05) is 12.0 Å². The minimum absolute atomic E-state index is 0.494. The van der Waals surface area contributed by atoms with Crippen LogP contribution >= 0.6 is 7.37 Å². The first-order chi connectivity index (χ1) is 9.54. The second kappa shape index (κ2) is 6.91. The largest absolute Gasteiger partial charge is 0.326 e. The summed E-state index contributed by atoms with van der Waals surface area (Å²) in [6.07, 6.45) is 6.86. The Hall–Kier alpha value is -0.590. The van der Waals surface area contributed by atoms with Crippen molar-refractivity contribution in [1.82, 2.24) is 0 Å². The van der Waals surface area contributed by atoms with Crippen molar-refractivity contribution in [2.75, 3.05) is 13.3 Å². The Bertz CT molecular complexity index is 460. The Kier molecular flexibility index (Phi) is 5.46. The number of hydrogen-bond acceptors (Lipinski definition) is 2. The topological polar surface area (TPSA) is 26.3 Å². The molecular weight excluding hydrogens is 267 g/mol. The lowest BCUT2D eigenvalue weighted by Gasteiger charge is -2.28. The van der Waals surface area contributed by atoms with E-state index in [0.717, 1.165) is 11.2 Å². The van der Waals surface area contributed by atoms with Crippen LogP contribution in [-0.4, -0.2) is 13.3 Å². The molecule has 0 aromatic heterocycles. The Balaban J connectivity index is 2.09. The molecule has 0 aliphatic heterocycles. The van der Waals surface area contributed by atoms with Crippen molar-refractivity contribution in [3.05, 3.63) is 29.8 Å². The molecule has 1 fully saturated rings. The van der Waals surface area contributed by atoms with E-state index in [-0.39, 0.29) is 0 Å². The molecule has 0 saturated heterocycles. The van der Waals surface area contributed by atoms with Crippen LogP contribution in [0.5, 0.6) is 0 Å². The summed E-state index contributed by atoms with van der Waals surface area (Å²) in [4.78, 5) is 0. The summed E-state index contributed by atoms with van der Waals surface area (Å²) in [5.41, 5.74) is 1.37. The van der Waals surface area contributed by atoms with Gasteiger partial charge in [-0.2, -0.15) is 0 Å². The van der Waals surface area contributed by atoms with Gasteiger partial charge < -0.3 is 4.52 Å². The molecule has 1 aromatic rings. The first kappa shape index (κ1) is 15.8. The maximum Gasteiger partial charge on any atom is 0.229 e. The van der Waals surface area contributed by atoms with Crippen LogP contribution in [0.25, 0.3) is 0 Å². The average Bonchev–Trinajstić information content (AvgIpc) is 2.47. The van der Waals surface area contributed by atoms with E-state index in [1.807, 2.05) is 19.1 Å². The molecule has 1 saturated carbocycles. The number of hydrogen-bond donors (Lipinski definition) is 0. The SMILES string of the molecule is CCOP(C)(=O)c1ccc(C(C)C2CCCCC2)cc1. The molecule has 2 atom stereocenters. The Labute approximate surface area is 123 Å². The minimum atomic E-state index is -2.63. The molecule has 3 heteroatoms. The van der Waals surface area contributed by atoms with E-state index in [1.165, 1.54) is 37.7 Å². The van der Waals surface area contributed by atoms with Crippen LogP contribution in [0.15, 0.2) is 24.3 Å². The molecule has 2 rings (SSSR count). The Morgan fingerprint density at radius 3 is 2.35 bits per heavy atom. The van der Waals surface area contributed by atoms with Gasteiger partial charge in [0.1, 0.15) is 0 Å². The van der Waals surface area contributed by atoms with Gasteiger partial charge in [-0.1, -0.05) is 38.3 Å². The zero-order valence-corrected chi connectivity index (χ0v) is 13.9. The van der Waals surface area contributed by atoms with Gasteiger partial charge in [0.05, 0.1) is 6.61 Å². The van der Waals surface area contributed by atoms with E-state index < -0.39 is 7.37 Å². The van der Waals surface area contributed by atoms with Gasteiger partial charge in [-0.3, -0.25) is 4.57 Å². The molecular formula is C17H27O2P. The van der Waals surface area contributed by atoms with Crippen molar-refractivity contribution >= 4 is 12.7 Å². The van der Waals surface area contributed by atoms with E-state index >= 15 is 0 Å². The molecule has 0 heterocycles. The molecule has 1 aliphatic rings. The maximum absolute atomic E-state index is 12.4. The van der Waals surface area contributed by atoms with Crippen LogP contribution < -0.4 is 5.30 Å². The van der Waals surface area contributed by atoms with Crippen molar-refractivity contribution in [2.45, 2.75) is 51.9 Å². The summed E-state index contributed by atoms with van der Waals surface area (Å²) in [7, 11) is -2.63. The van der Waals surface area contributed by atoms with Crippen LogP contribution in [0.3, 0.4) is 0 Å². The van der Waals surface area contributed by atoms with Gasteiger partial charge in [0.25, 0.3) is 0 Å². The molecule has 0 bridgehead atoms. The third-order valence-electron chi connectivity index (χ3n) is 4.62. The molecule has 1 aromatic carbocycles. The van der Waals surface area contributed by atoms with Crippen LogP contribution in [0, 0.1) is 5.92 Å². The molecule has 2 unspecified atom stereocenters. The molecule has 112 valence electrons. The van der Waals surface area contributed by atoms with Gasteiger partial charge in [0.15, 0.2) is 0 Å². The van der Waals surface area contributed by atoms with Gasteiger partial charge in [-0.25, -0.2) is 0 Å².